The minimum Gasteiger partial charge on any atom is -0.481 e. The number of hydrogen-bond acceptors (Lipinski definition) is 5. The first-order valence-corrected chi connectivity index (χ1v) is 13.1. The predicted octanol–water partition coefficient (Wildman–Crippen LogP) is 4.19. The van der Waals surface area contributed by atoms with Gasteiger partial charge < -0.3 is 14.7 Å². The van der Waals surface area contributed by atoms with E-state index in [-0.39, 0.29) is 42.2 Å². The Morgan fingerprint density at radius 2 is 1.92 bits per heavy atom. The van der Waals surface area contributed by atoms with Crippen LogP contribution in [0.4, 0.5) is 4.39 Å². The summed E-state index contributed by atoms with van der Waals surface area (Å²) in [6, 6.07) is 6.04. The van der Waals surface area contributed by atoms with Crippen LogP contribution in [0.25, 0.3) is 0 Å². The van der Waals surface area contributed by atoms with E-state index in [9.17, 15) is 19.5 Å². The summed E-state index contributed by atoms with van der Waals surface area (Å²) in [4.78, 5) is 44.7. The van der Waals surface area contributed by atoms with Gasteiger partial charge in [0.05, 0.1) is 18.2 Å². The van der Waals surface area contributed by atoms with Crippen molar-refractivity contribution in [3.8, 4) is 5.88 Å². The number of nitrogens with zero attached hydrogens (tertiary/aromatic N) is 2. The number of ketones is 1. The van der Waals surface area contributed by atoms with Crippen molar-refractivity contribution in [2.45, 2.75) is 70.8 Å². The van der Waals surface area contributed by atoms with E-state index in [1.54, 1.807) is 17.0 Å². The Hall–Kier alpha value is -3.29. The van der Waals surface area contributed by atoms with Gasteiger partial charge in [-0.25, -0.2) is 9.37 Å². The van der Waals surface area contributed by atoms with Crippen molar-refractivity contribution in [3.63, 3.8) is 0 Å². The Bertz CT molecular complexity index is 1270. The molecule has 3 aliphatic rings. The maximum atomic E-state index is 15.1. The van der Waals surface area contributed by atoms with Gasteiger partial charge in [-0.05, 0) is 66.8 Å². The molecule has 1 saturated carbocycles. The molecule has 2 heterocycles. The van der Waals surface area contributed by atoms with Crippen LogP contribution in [0.2, 0.25) is 0 Å². The average molecular weight is 509 g/mol. The number of carbonyl (C=O) groups excluding carboxylic acids is 2. The molecular formula is C29H33FN2O5. The van der Waals surface area contributed by atoms with Gasteiger partial charge in [0.1, 0.15) is 11.9 Å². The average Bonchev–Trinajstić information content (AvgIpc) is 3.11. The first-order chi connectivity index (χ1) is 17.6. The minimum absolute atomic E-state index is 0.00581. The van der Waals surface area contributed by atoms with Gasteiger partial charge in [-0.15, -0.1) is 0 Å². The van der Waals surface area contributed by atoms with Gasteiger partial charge in [-0.2, -0.15) is 0 Å². The van der Waals surface area contributed by atoms with Gasteiger partial charge in [-0.3, -0.25) is 14.4 Å². The van der Waals surface area contributed by atoms with E-state index in [0.29, 0.717) is 42.3 Å². The molecule has 7 nitrogen and oxygen atoms in total. The molecule has 1 fully saturated rings. The topological polar surface area (TPSA) is 96.8 Å². The Labute approximate surface area is 216 Å². The van der Waals surface area contributed by atoms with E-state index in [2.05, 4.69) is 4.98 Å². The lowest BCUT2D eigenvalue weighted by Crippen LogP contribution is -2.50. The minimum atomic E-state index is -0.893. The third-order valence-electron chi connectivity index (χ3n) is 8.20. The molecule has 1 N–H and O–H groups in total. The molecule has 0 saturated heterocycles. The van der Waals surface area contributed by atoms with E-state index in [4.69, 9.17) is 4.74 Å². The molecule has 1 aliphatic heterocycles. The number of rotatable bonds is 7. The first-order valence-electron chi connectivity index (χ1n) is 13.1. The second kappa shape index (κ2) is 9.54. The number of hydrogen-bond donors (Lipinski definition) is 1. The molecule has 0 radical (unpaired) electrons. The SMILES string of the molecule is CCOc1ccc2c(n1)CCN(C(=O)C1CC(C(=O)O)C1)[C@H]2C(=O)Cc1cc(F)c2c(c1)CCC2(C)C. The highest BCUT2D eigenvalue weighted by molar-refractivity contribution is 5.93. The van der Waals surface area contributed by atoms with Gasteiger partial charge in [0.2, 0.25) is 11.8 Å². The number of halogens is 1. The van der Waals surface area contributed by atoms with Crippen LogP contribution in [0, 0.1) is 17.7 Å². The van der Waals surface area contributed by atoms with Gasteiger partial charge in [-0.1, -0.05) is 19.9 Å². The summed E-state index contributed by atoms with van der Waals surface area (Å²) in [5, 5.41) is 9.24. The largest absolute Gasteiger partial charge is 0.481 e. The fraction of sp³-hybridized carbons (Fsp3) is 0.517. The van der Waals surface area contributed by atoms with Gasteiger partial charge >= 0.3 is 5.97 Å². The van der Waals surface area contributed by atoms with E-state index in [0.717, 1.165) is 24.0 Å². The summed E-state index contributed by atoms with van der Waals surface area (Å²) in [6.45, 7) is 6.72. The number of pyridine rings is 1. The number of ether oxygens (including phenoxy) is 1. The summed E-state index contributed by atoms with van der Waals surface area (Å²) in [6.07, 6.45) is 2.67. The Morgan fingerprint density at radius 1 is 1.16 bits per heavy atom. The lowest BCUT2D eigenvalue weighted by Gasteiger charge is -2.41. The molecule has 2 aliphatic carbocycles. The molecule has 0 spiro atoms. The molecule has 0 unspecified atom stereocenters. The lowest BCUT2D eigenvalue weighted by molar-refractivity contribution is -0.154. The predicted molar refractivity (Wildman–Crippen MR) is 134 cm³/mol. The van der Waals surface area contributed by atoms with Crippen LogP contribution in [0.3, 0.4) is 0 Å². The fourth-order valence-electron chi connectivity index (χ4n) is 6.19. The summed E-state index contributed by atoms with van der Waals surface area (Å²) in [5.74, 6) is -2.03. The van der Waals surface area contributed by atoms with E-state index in [1.165, 1.54) is 6.07 Å². The molecule has 1 aromatic heterocycles. The van der Waals surface area contributed by atoms with E-state index >= 15 is 4.39 Å². The number of Topliss-reactive ketones (excluding diaryl/α,β-unsaturated/α-hetero) is 1. The van der Waals surface area contributed by atoms with Crippen LogP contribution in [-0.4, -0.2) is 45.8 Å². The third-order valence-corrected chi connectivity index (χ3v) is 8.20. The molecule has 2 aromatic rings. The number of aryl methyl sites for hydroxylation is 1. The number of aromatic nitrogens is 1. The summed E-state index contributed by atoms with van der Waals surface area (Å²) in [7, 11) is 0. The van der Waals surface area contributed by atoms with Crippen LogP contribution in [0.1, 0.15) is 74.0 Å². The van der Waals surface area contributed by atoms with Crippen molar-refractivity contribution in [1.29, 1.82) is 0 Å². The Morgan fingerprint density at radius 3 is 2.62 bits per heavy atom. The van der Waals surface area contributed by atoms with Crippen molar-refractivity contribution in [3.05, 3.63) is 58.0 Å². The highest BCUT2D eigenvalue weighted by Gasteiger charge is 2.45. The van der Waals surface area contributed by atoms with E-state index in [1.807, 2.05) is 26.8 Å². The van der Waals surface area contributed by atoms with Crippen molar-refractivity contribution in [2.75, 3.05) is 13.2 Å². The second-order valence-electron chi connectivity index (χ2n) is 11.1. The third kappa shape index (κ3) is 4.62. The number of benzene rings is 1. The molecule has 196 valence electrons. The Kier molecular flexibility index (Phi) is 6.54. The number of aliphatic carboxylic acids is 1. The van der Waals surface area contributed by atoms with E-state index < -0.39 is 23.8 Å². The Balaban J connectivity index is 1.44. The number of carbonyl (C=O) groups is 3. The molecule has 1 aromatic carbocycles. The highest BCUT2D eigenvalue weighted by Crippen LogP contribution is 2.42. The standard InChI is InChI=1S/C29H33FN2O5/c1-4-37-24-6-5-20-22(31-24)8-10-32(27(34)18-14-19(15-18)28(35)36)26(20)23(33)13-16-11-17-7-9-29(2,3)25(17)21(30)12-16/h5-6,11-12,18-19,26H,4,7-10,13-15H2,1-3H3,(H,35,36)/t18?,19?,26-/m1/s1. The molecular weight excluding hydrogens is 475 g/mol. The fourth-order valence-corrected chi connectivity index (χ4v) is 6.19. The van der Waals surface area contributed by atoms with Gasteiger partial charge in [0.15, 0.2) is 5.78 Å². The van der Waals surface area contributed by atoms with Gasteiger partial charge in [0, 0.05) is 36.9 Å². The van der Waals surface area contributed by atoms with Crippen molar-refractivity contribution < 1.29 is 28.6 Å². The zero-order valence-corrected chi connectivity index (χ0v) is 21.6. The monoisotopic (exact) mass is 508 g/mol. The molecule has 0 bridgehead atoms. The molecule has 8 heteroatoms. The van der Waals surface area contributed by atoms with Crippen LogP contribution < -0.4 is 4.74 Å². The molecule has 1 atom stereocenters. The zero-order valence-electron chi connectivity index (χ0n) is 21.6. The van der Waals surface area contributed by atoms with Crippen molar-refractivity contribution >= 4 is 17.7 Å². The molecule has 1 amide bonds. The molecule has 5 rings (SSSR count). The van der Waals surface area contributed by atoms with Crippen LogP contribution >= 0.6 is 0 Å². The van der Waals surface area contributed by atoms with Crippen LogP contribution in [0.15, 0.2) is 24.3 Å². The first kappa shape index (κ1) is 25.4. The normalized spacial score (nSPS) is 23.6. The maximum Gasteiger partial charge on any atom is 0.306 e. The van der Waals surface area contributed by atoms with Crippen molar-refractivity contribution in [1.82, 2.24) is 9.88 Å². The number of carboxylic acids is 1. The number of amides is 1. The zero-order chi connectivity index (χ0) is 26.5. The lowest BCUT2D eigenvalue weighted by atomic mass is 9.73. The van der Waals surface area contributed by atoms with Crippen LogP contribution in [-0.2, 0) is 39.1 Å². The second-order valence-corrected chi connectivity index (χ2v) is 11.1. The molecule has 37 heavy (non-hydrogen) atoms. The smallest absolute Gasteiger partial charge is 0.306 e. The van der Waals surface area contributed by atoms with Crippen molar-refractivity contribution in [2.24, 2.45) is 11.8 Å². The quantitative estimate of drug-likeness (QED) is 0.603. The van der Waals surface area contributed by atoms with Crippen LogP contribution in [0.5, 0.6) is 5.88 Å². The summed E-state index contributed by atoms with van der Waals surface area (Å²) < 4.78 is 20.6. The number of carboxylic acid groups (broad SMARTS) is 1. The van der Waals surface area contributed by atoms with Gasteiger partial charge in [0.25, 0.3) is 0 Å². The summed E-state index contributed by atoms with van der Waals surface area (Å²) >= 11 is 0. The summed E-state index contributed by atoms with van der Waals surface area (Å²) in [5.41, 5.74) is 3.42. The number of fused-ring (bicyclic) bond motifs is 2. The highest BCUT2D eigenvalue weighted by atomic mass is 19.1. The maximum absolute atomic E-state index is 15.1.